The molecule has 1 aromatic heterocycles. The lowest BCUT2D eigenvalue weighted by molar-refractivity contribution is 0.295. The first kappa shape index (κ1) is 15.9. The summed E-state index contributed by atoms with van der Waals surface area (Å²) in [5.74, 6) is 0.752. The van der Waals surface area contributed by atoms with E-state index >= 15 is 0 Å². The first-order chi connectivity index (χ1) is 9.77. The maximum Gasteiger partial charge on any atom is 0.261 e. The molecular formula is C14H17ClN2O3S. The molecule has 0 aliphatic carbocycles. The largest absolute Gasteiger partial charge is 0.487 e. The predicted octanol–water partition coefficient (Wildman–Crippen LogP) is 3.05. The molecule has 0 aliphatic rings. The maximum absolute atomic E-state index is 11.4. The molecular weight excluding hydrogens is 312 g/mol. The zero-order chi connectivity index (χ0) is 15.6. The molecule has 0 atom stereocenters. The van der Waals surface area contributed by atoms with E-state index in [0.717, 1.165) is 11.3 Å². The number of hydrogen-bond acceptors (Lipinski definition) is 4. The van der Waals surface area contributed by atoms with Crippen LogP contribution in [0.25, 0.3) is 0 Å². The Morgan fingerprint density at radius 3 is 2.57 bits per heavy atom. The average Bonchev–Trinajstić information content (AvgIpc) is 2.80. The fourth-order valence-electron chi connectivity index (χ4n) is 1.95. The Balaban J connectivity index is 2.26. The van der Waals surface area contributed by atoms with Crippen LogP contribution < -0.4 is 4.74 Å². The van der Waals surface area contributed by atoms with E-state index in [9.17, 15) is 8.42 Å². The standard InChI is InChI=1S/C14H17ClN2O3S/c1-10(2)13-8-12(21(15,18)19)4-5-14(13)20-9-11-6-7-17(3)16-11/h4-8,10H,9H2,1-3H3. The van der Waals surface area contributed by atoms with E-state index in [2.05, 4.69) is 5.10 Å². The van der Waals surface area contributed by atoms with Crippen LogP contribution in [0.5, 0.6) is 5.75 Å². The predicted molar refractivity (Wildman–Crippen MR) is 81.1 cm³/mol. The van der Waals surface area contributed by atoms with Gasteiger partial charge in [-0.05, 0) is 35.7 Å². The number of aromatic nitrogens is 2. The zero-order valence-corrected chi connectivity index (χ0v) is 13.6. The van der Waals surface area contributed by atoms with E-state index in [0.29, 0.717) is 12.4 Å². The number of rotatable bonds is 5. The second-order valence-corrected chi connectivity index (χ2v) is 7.63. The van der Waals surface area contributed by atoms with E-state index in [4.69, 9.17) is 15.4 Å². The molecule has 0 fully saturated rings. The third kappa shape index (κ3) is 3.98. The minimum absolute atomic E-state index is 0.0815. The van der Waals surface area contributed by atoms with Gasteiger partial charge in [0.1, 0.15) is 12.4 Å². The van der Waals surface area contributed by atoms with E-state index < -0.39 is 9.05 Å². The van der Waals surface area contributed by atoms with Crippen LogP contribution in [0.15, 0.2) is 35.4 Å². The summed E-state index contributed by atoms with van der Waals surface area (Å²) in [6.45, 7) is 4.26. The summed E-state index contributed by atoms with van der Waals surface area (Å²) in [5.41, 5.74) is 1.61. The molecule has 2 aromatic rings. The van der Waals surface area contributed by atoms with Gasteiger partial charge in [0, 0.05) is 23.9 Å². The van der Waals surface area contributed by atoms with Crippen molar-refractivity contribution in [2.24, 2.45) is 7.05 Å². The van der Waals surface area contributed by atoms with Crippen molar-refractivity contribution in [3.8, 4) is 5.75 Å². The Hall–Kier alpha value is -1.53. The molecule has 5 nitrogen and oxygen atoms in total. The van der Waals surface area contributed by atoms with Crippen LogP contribution >= 0.6 is 10.7 Å². The first-order valence-electron chi connectivity index (χ1n) is 6.47. The van der Waals surface area contributed by atoms with Crippen molar-refractivity contribution in [3.05, 3.63) is 41.7 Å². The van der Waals surface area contributed by atoms with Gasteiger partial charge in [0.05, 0.1) is 10.6 Å². The monoisotopic (exact) mass is 328 g/mol. The number of ether oxygens (including phenoxy) is 1. The topological polar surface area (TPSA) is 61.2 Å². The fourth-order valence-corrected chi connectivity index (χ4v) is 2.74. The molecule has 0 saturated carbocycles. The highest BCUT2D eigenvalue weighted by Crippen LogP contribution is 2.30. The van der Waals surface area contributed by atoms with E-state index in [1.54, 1.807) is 16.8 Å². The summed E-state index contributed by atoms with van der Waals surface area (Å²) in [7, 11) is 3.48. The number of hydrogen-bond donors (Lipinski definition) is 0. The number of nitrogens with zero attached hydrogens (tertiary/aromatic N) is 2. The summed E-state index contributed by atoms with van der Waals surface area (Å²) in [6, 6.07) is 6.50. The maximum atomic E-state index is 11.4. The molecule has 2 rings (SSSR count). The smallest absolute Gasteiger partial charge is 0.261 e. The van der Waals surface area contributed by atoms with Crippen molar-refractivity contribution < 1.29 is 13.2 Å². The lowest BCUT2D eigenvalue weighted by atomic mass is 10.0. The molecule has 0 N–H and O–H groups in total. The Morgan fingerprint density at radius 1 is 1.33 bits per heavy atom. The van der Waals surface area contributed by atoms with Gasteiger partial charge in [0.2, 0.25) is 0 Å². The summed E-state index contributed by atoms with van der Waals surface area (Å²) in [5, 5.41) is 4.23. The molecule has 0 saturated heterocycles. The fraction of sp³-hybridized carbons (Fsp3) is 0.357. The SMILES string of the molecule is CC(C)c1cc(S(=O)(=O)Cl)ccc1OCc1ccn(C)n1. The minimum atomic E-state index is -3.74. The molecule has 7 heteroatoms. The number of halogens is 1. The van der Waals surface area contributed by atoms with Crippen molar-refractivity contribution >= 4 is 19.7 Å². The van der Waals surface area contributed by atoms with Gasteiger partial charge in [-0.1, -0.05) is 13.8 Å². The van der Waals surface area contributed by atoms with Crippen LogP contribution in [-0.2, 0) is 22.7 Å². The molecule has 114 valence electrons. The first-order valence-corrected chi connectivity index (χ1v) is 8.78. The Morgan fingerprint density at radius 2 is 2.05 bits per heavy atom. The Labute approximate surface area is 128 Å². The molecule has 0 radical (unpaired) electrons. The van der Waals surface area contributed by atoms with Crippen molar-refractivity contribution in [2.75, 3.05) is 0 Å². The van der Waals surface area contributed by atoms with Crippen LogP contribution in [0.1, 0.15) is 31.0 Å². The van der Waals surface area contributed by atoms with Crippen molar-refractivity contribution in [3.63, 3.8) is 0 Å². The summed E-state index contributed by atoms with van der Waals surface area (Å²) < 4.78 is 30.3. The number of benzene rings is 1. The van der Waals surface area contributed by atoms with Gasteiger partial charge in [0.15, 0.2) is 0 Å². The molecule has 0 amide bonds. The minimum Gasteiger partial charge on any atom is -0.487 e. The van der Waals surface area contributed by atoms with Crippen LogP contribution in [-0.4, -0.2) is 18.2 Å². The second-order valence-electron chi connectivity index (χ2n) is 5.06. The quantitative estimate of drug-likeness (QED) is 0.791. The van der Waals surface area contributed by atoms with Crippen LogP contribution in [0.3, 0.4) is 0 Å². The highest BCUT2D eigenvalue weighted by Gasteiger charge is 2.16. The van der Waals surface area contributed by atoms with Crippen molar-refractivity contribution in [1.82, 2.24) is 9.78 Å². The summed E-state index contributed by atoms with van der Waals surface area (Å²) in [6.07, 6.45) is 1.84. The van der Waals surface area contributed by atoms with Gasteiger partial charge in [-0.15, -0.1) is 0 Å². The average molecular weight is 329 g/mol. The highest BCUT2D eigenvalue weighted by molar-refractivity contribution is 8.13. The zero-order valence-electron chi connectivity index (χ0n) is 12.1. The third-order valence-electron chi connectivity index (χ3n) is 3.03. The van der Waals surface area contributed by atoms with Gasteiger partial charge in [-0.25, -0.2) is 8.42 Å². The molecule has 0 spiro atoms. The lowest BCUT2D eigenvalue weighted by Gasteiger charge is -2.14. The highest BCUT2D eigenvalue weighted by atomic mass is 35.7. The lowest BCUT2D eigenvalue weighted by Crippen LogP contribution is -2.03. The van der Waals surface area contributed by atoms with Crippen LogP contribution in [0.4, 0.5) is 0 Å². The summed E-state index contributed by atoms with van der Waals surface area (Å²) in [4.78, 5) is 0.0815. The van der Waals surface area contributed by atoms with Crippen LogP contribution in [0, 0.1) is 0 Å². The van der Waals surface area contributed by atoms with Crippen molar-refractivity contribution in [1.29, 1.82) is 0 Å². The van der Waals surface area contributed by atoms with E-state index in [-0.39, 0.29) is 10.8 Å². The van der Waals surface area contributed by atoms with Crippen molar-refractivity contribution in [2.45, 2.75) is 31.3 Å². The Bertz CT molecular complexity index is 738. The van der Waals surface area contributed by atoms with Gasteiger partial charge in [-0.3, -0.25) is 4.68 Å². The normalized spacial score (nSPS) is 11.9. The van der Waals surface area contributed by atoms with E-state index in [1.807, 2.05) is 33.2 Å². The third-order valence-corrected chi connectivity index (χ3v) is 4.38. The molecule has 0 bridgehead atoms. The van der Waals surface area contributed by atoms with Gasteiger partial charge < -0.3 is 4.74 Å². The van der Waals surface area contributed by atoms with Gasteiger partial charge in [0.25, 0.3) is 9.05 Å². The van der Waals surface area contributed by atoms with Crippen LogP contribution in [0.2, 0.25) is 0 Å². The molecule has 0 unspecified atom stereocenters. The molecule has 21 heavy (non-hydrogen) atoms. The van der Waals surface area contributed by atoms with Gasteiger partial charge in [-0.2, -0.15) is 5.10 Å². The summed E-state index contributed by atoms with van der Waals surface area (Å²) >= 11 is 0. The molecule has 0 aliphatic heterocycles. The van der Waals surface area contributed by atoms with E-state index in [1.165, 1.54) is 6.07 Å². The molecule has 1 aromatic carbocycles. The molecule has 1 heterocycles. The Kier molecular flexibility index (Phi) is 4.58. The van der Waals surface area contributed by atoms with Gasteiger partial charge >= 0.3 is 0 Å². The second kappa shape index (κ2) is 6.07. The number of aryl methyl sites for hydroxylation is 1.